The maximum Gasteiger partial charge on any atom is 0.407 e. The standard InChI is InChI=1S/C18H18FNO2/c1-2-8-17(15-11-6-7-12-16(15)19)20-18(21)22-13-14-9-4-3-5-10-14/h2-7,9-12,17H,1,8,13H2,(H,20,21). The summed E-state index contributed by atoms with van der Waals surface area (Å²) in [6.07, 6.45) is 1.47. The zero-order chi connectivity index (χ0) is 15.8. The number of alkyl carbamates (subject to hydrolysis) is 1. The molecule has 3 nitrogen and oxygen atoms in total. The highest BCUT2D eigenvalue weighted by Gasteiger charge is 2.17. The van der Waals surface area contributed by atoms with Gasteiger partial charge < -0.3 is 10.1 Å². The van der Waals surface area contributed by atoms with E-state index in [1.807, 2.05) is 30.3 Å². The Hall–Kier alpha value is -2.62. The van der Waals surface area contributed by atoms with Gasteiger partial charge in [0.25, 0.3) is 0 Å². The Morgan fingerprint density at radius 2 is 1.86 bits per heavy atom. The zero-order valence-electron chi connectivity index (χ0n) is 12.2. The van der Waals surface area contributed by atoms with Crippen LogP contribution in [0.2, 0.25) is 0 Å². The molecule has 0 radical (unpaired) electrons. The topological polar surface area (TPSA) is 38.3 Å². The molecule has 0 aromatic heterocycles. The average Bonchev–Trinajstić information content (AvgIpc) is 2.54. The van der Waals surface area contributed by atoms with Gasteiger partial charge in [-0.05, 0) is 18.1 Å². The van der Waals surface area contributed by atoms with Crippen molar-refractivity contribution in [3.63, 3.8) is 0 Å². The lowest BCUT2D eigenvalue weighted by atomic mass is 10.0. The summed E-state index contributed by atoms with van der Waals surface area (Å²) in [5.74, 6) is -0.363. The van der Waals surface area contributed by atoms with E-state index < -0.39 is 12.1 Å². The molecular formula is C18H18FNO2. The minimum absolute atomic E-state index is 0.171. The monoisotopic (exact) mass is 299 g/mol. The van der Waals surface area contributed by atoms with Gasteiger partial charge in [-0.15, -0.1) is 6.58 Å². The zero-order valence-corrected chi connectivity index (χ0v) is 12.2. The van der Waals surface area contributed by atoms with Crippen molar-refractivity contribution < 1.29 is 13.9 Å². The Balaban J connectivity index is 1.97. The average molecular weight is 299 g/mol. The molecule has 1 unspecified atom stereocenters. The van der Waals surface area contributed by atoms with Crippen molar-refractivity contribution >= 4 is 6.09 Å². The molecule has 0 fully saturated rings. The van der Waals surface area contributed by atoms with E-state index in [4.69, 9.17) is 4.74 Å². The maximum atomic E-state index is 13.8. The number of carbonyl (C=O) groups excluding carboxylic acids is 1. The van der Waals surface area contributed by atoms with Gasteiger partial charge in [0.1, 0.15) is 12.4 Å². The largest absolute Gasteiger partial charge is 0.445 e. The van der Waals surface area contributed by atoms with E-state index in [1.165, 1.54) is 6.07 Å². The van der Waals surface area contributed by atoms with Gasteiger partial charge in [0.05, 0.1) is 6.04 Å². The van der Waals surface area contributed by atoms with E-state index in [-0.39, 0.29) is 12.4 Å². The number of carbonyl (C=O) groups is 1. The van der Waals surface area contributed by atoms with Crippen molar-refractivity contribution in [3.05, 3.63) is 84.2 Å². The Bertz CT molecular complexity index is 628. The molecule has 1 N–H and O–H groups in total. The molecule has 2 rings (SSSR count). The molecular weight excluding hydrogens is 281 g/mol. The summed E-state index contributed by atoms with van der Waals surface area (Å²) in [5.41, 5.74) is 1.31. The lowest BCUT2D eigenvalue weighted by molar-refractivity contribution is 0.135. The van der Waals surface area contributed by atoms with Gasteiger partial charge in [-0.1, -0.05) is 54.6 Å². The summed E-state index contributed by atoms with van der Waals surface area (Å²) in [5, 5.41) is 2.67. The molecule has 114 valence electrons. The molecule has 0 spiro atoms. The summed E-state index contributed by atoms with van der Waals surface area (Å²) < 4.78 is 19.0. The molecule has 0 aliphatic heterocycles. The van der Waals surface area contributed by atoms with Crippen LogP contribution in [0.15, 0.2) is 67.3 Å². The second-order valence-corrected chi connectivity index (χ2v) is 4.80. The van der Waals surface area contributed by atoms with E-state index >= 15 is 0 Å². The van der Waals surface area contributed by atoms with Crippen LogP contribution < -0.4 is 5.32 Å². The van der Waals surface area contributed by atoms with Gasteiger partial charge in [-0.2, -0.15) is 0 Å². The quantitative estimate of drug-likeness (QED) is 0.804. The third-order valence-corrected chi connectivity index (χ3v) is 3.19. The van der Waals surface area contributed by atoms with E-state index in [2.05, 4.69) is 11.9 Å². The number of ether oxygens (including phenoxy) is 1. The molecule has 1 amide bonds. The third kappa shape index (κ3) is 4.45. The normalized spacial score (nSPS) is 11.5. The predicted molar refractivity (Wildman–Crippen MR) is 83.7 cm³/mol. The first kappa shape index (κ1) is 15.8. The van der Waals surface area contributed by atoms with Gasteiger partial charge in [0.15, 0.2) is 0 Å². The van der Waals surface area contributed by atoms with Crippen LogP contribution in [0, 0.1) is 5.82 Å². The van der Waals surface area contributed by atoms with Gasteiger partial charge >= 0.3 is 6.09 Å². The minimum Gasteiger partial charge on any atom is -0.445 e. The van der Waals surface area contributed by atoms with Crippen molar-refractivity contribution in [1.82, 2.24) is 5.32 Å². The van der Waals surface area contributed by atoms with Crippen LogP contribution in [0.1, 0.15) is 23.6 Å². The molecule has 0 heterocycles. The lowest BCUT2D eigenvalue weighted by Crippen LogP contribution is -2.29. The first-order valence-electron chi connectivity index (χ1n) is 7.03. The second kappa shape index (κ2) is 7.98. The van der Waals surface area contributed by atoms with Crippen molar-refractivity contribution in [2.24, 2.45) is 0 Å². The number of rotatable bonds is 6. The summed E-state index contributed by atoms with van der Waals surface area (Å²) >= 11 is 0. The molecule has 0 aliphatic rings. The van der Waals surface area contributed by atoms with Crippen molar-refractivity contribution in [1.29, 1.82) is 0 Å². The molecule has 2 aromatic rings. The van der Waals surface area contributed by atoms with Crippen LogP contribution in [-0.2, 0) is 11.3 Å². The molecule has 22 heavy (non-hydrogen) atoms. The first-order chi connectivity index (χ1) is 10.7. The highest BCUT2D eigenvalue weighted by atomic mass is 19.1. The van der Waals surface area contributed by atoms with Crippen molar-refractivity contribution in [2.45, 2.75) is 19.1 Å². The summed E-state index contributed by atoms with van der Waals surface area (Å²) in [4.78, 5) is 11.9. The summed E-state index contributed by atoms with van der Waals surface area (Å²) in [6, 6.07) is 15.2. The highest BCUT2D eigenvalue weighted by molar-refractivity contribution is 5.68. The first-order valence-corrected chi connectivity index (χ1v) is 7.03. The predicted octanol–water partition coefficient (Wildman–Crippen LogP) is 4.37. The Morgan fingerprint density at radius 3 is 2.55 bits per heavy atom. The number of halogens is 1. The highest BCUT2D eigenvalue weighted by Crippen LogP contribution is 2.20. The Kier molecular flexibility index (Phi) is 5.72. The Labute approximate surface area is 129 Å². The van der Waals surface area contributed by atoms with Crippen molar-refractivity contribution in [3.8, 4) is 0 Å². The molecule has 0 saturated heterocycles. The van der Waals surface area contributed by atoms with Gasteiger partial charge in [0.2, 0.25) is 0 Å². The molecule has 0 saturated carbocycles. The fourth-order valence-corrected chi connectivity index (χ4v) is 2.10. The maximum absolute atomic E-state index is 13.8. The number of nitrogens with one attached hydrogen (secondary N) is 1. The molecule has 0 bridgehead atoms. The van der Waals surface area contributed by atoms with Crippen LogP contribution in [0.5, 0.6) is 0 Å². The van der Waals surface area contributed by atoms with Crippen LogP contribution in [0.4, 0.5) is 9.18 Å². The third-order valence-electron chi connectivity index (χ3n) is 3.19. The Morgan fingerprint density at radius 1 is 1.18 bits per heavy atom. The minimum atomic E-state index is -0.584. The van der Waals surface area contributed by atoms with Crippen LogP contribution in [0.25, 0.3) is 0 Å². The molecule has 2 aromatic carbocycles. The van der Waals surface area contributed by atoms with Crippen LogP contribution in [0.3, 0.4) is 0 Å². The number of amides is 1. The van der Waals surface area contributed by atoms with Crippen LogP contribution >= 0.6 is 0 Å². The van der Waals surface area contributed by atoms with Crippen molar-refractivity contribution in [2.75, 3.05) is 0 Å². The van der Waals surface area contributed by atoms with Gasteiger partial charge in [-0.3, -0.25) is 0 Å². The molecule has 1 atom stereocenters. The second-order valence-electron chi connectivity index (χ2n) is 4.80. The van der Waals surface area contributed by atoms with E-state index in [0.29, 0.717) is 12.0 Å². The van der Waals surface area contributed by atoms with Gasteiger partial charge in [0, 0.05) is 5.56 Å². The fourth-order valence-electron chi connectivity index (χ4n) is 2.10. The van der Waals surface area contributed by atoms with Crippen LogP contribution in [-0.4, -0.2) is 6.09 Å². The number of hydrogen-bond acceptors (Lipinski definition) is 2. The smallest absolute Gasteiger partial charge is 0.407 e. The van der Waals surface area contributed by atoms with E-state index in [1.54, 1.807) is 24.3 Å². The van der Waals surface area contributed by atoms with E-state index in [9.17, 15) is 9.18 Å². The molecule has 0 aliphatic carbocycles. The summed E-state index contributed by atoms with van der Waals surface area (Å²) in [7, 11) is 0. The van der Waals surface area contributed by atoms with Gasteiger partial charge in [-0.25, -0.2) is 9.18 Å². The fraction of sp³-hybridized carbons (Fsp3) is 0.167. The van der Waals surface area contributed by atoms with E-state index in [0.717, 1.165) is 5.56 Å². The number of hydrogen-bond donors (Lipinski definition) is 1. The lowest BCUT2D eigenvalue weighted by Gasteiger charge is -2.18. The number of benzene rings is 2. The molecule has 4 heteroatoms. The summed E-state index contributed by atoms with van der Waals surface area (Å²) in [6.45, 7) is 3.81. The SMILES string of the molecule is C=CCC(NC(=O)OCc1ccccc1)c1ccccc1F.